The molecule has 0 saturated heterocycles. The molecule has 0 nitrogen and oxygen atoms in total. The summed E-state index contributed by atoms with van der Waals surface area (Å²) in [4.78, 5) is 0. The van der Waals surface area contributed by atoms with Crippen LogP contribution in [0.4, 0.5) is 0 Å². The van der Waals surface area contributed by atoms with Crippen molar-refractivity contribution in [1.29, 1.82) is 0 Å². The van der Waals surface area contributed by atoms with Crippen molar-refractivity contribution in [3.05, 3.63) is 81.7 Å². The van der Waals surface area contributed by atoms with Crippen LogP contribution < -0.4 is 0 Å². The van der Waals surface area contributed by atoms with Gasteiger partial charge in [0.05, 0.1) is 0 Å². The minimum atomic E-state index is -0.826. The largest absolute Gasteiger partial charge is 0.813 e. The van der Waals surface area contributed by atoms with Crippen LogP contribution in [0.2, 0.25) is 0 Å². The molecular weight excluding hydrogens is 570 g/mol. The molecule has 0 saturated carbocycles. The predicted octanol–water partition coefficient (Wildman–Crippen LogP) is 7.75. The summed E-state index contributed by atoms with van der Waals surface area (Å²) in [5.74, 6) is 0. The number of rotatable bonds is 0. The Morgan fingerprint density at radius 1 is 0.708 bits per heavy atom. The standard InChI is InChI=1S/2C9H6Br.2ClH.H2S.Zr/c2*10-9-5-7-3-1-2-4-8(7)6-9;;;;/h2*1-6H;2*1H;1H2;/q2*-1;;;;+2/p-3. The van der Waals surface area contributed by atoms with Gasteiger partial charge in [-0.25, -0.2) is 0 Å². The molecule has 4 rings (SSSR count). The van der Waals surface area contributed by atoms with Gasteiger partial charge in [0.25, 0.3) is 0 Å². The Bertz CT molecular complexity index is 735. The first kappa shape index (κ1) is 22.5. The van der Waals surface area contributed by atoms with Crippen molar-refractivity contribution >= 4 is 83.9 Å². The van der Waals surface area contributed by atoms with E-state index in [0.29, 0.717) is 0 Å². The van der Waals surface area contributed by atoms with Gasteiger partial charge in [0.15, 0.2) is 0 Å². The Labute approximate surface area is 184 Å². The third kappa shape index (κ3) is 6.98. The van der Waals surface area contributed by atoms with Gasteiger partial charge in [-0.1, -0.05) is 52.9 Å². The van der Waals surface area contributed by atoms with Gasteiger partial charge < -0.3 is 13.5 Å². The quantitative estimate of drug-likeness (QED) is 0.116. The molecule has 6 heteroatoms. The van der Waals surface area contributed by atoms with E-state index < -0.39 is 20.8 Å². The molecule has 0 aromatic heterocycles. The average molecular weight is 583 g/mol. The molecule has 0 fully saturated rings. The maximum absolute atomic E-state index is 4.93. The Kier molecular flexibility index (Phi) is 11.2. The second-order valence-electron chi connectivity index (χ2n) is 4.68. The first-order valence-electron chi connectivity index (χ1n) is 6.72. The molecule has 0 amide bonds. The predicted molar refractivity (Wildman–Crippen MR) is 115 cm³/mol. The van der Waals surface area contributed by atoms with Crippen LogP contribution in [0.5, 0.6) is 0 Å². The Morgan fingerprint density at radius 3 is 1.38 bits per heavy atom. The number of benzene rings is 2. The van der Waals surface area contributed by atoms with Gasteiger partial charge in [-0.3, -0.25) is 0 Å². The number of fused-ring (bicyclic) bond motifs is 2. The third-order valence-electron chi connectivity index (χ3n) is 3.17. The topological polar surface area (TPSA) is 0 Å². The number of thiol groups is 1. The first-order valence-corrected chi connectivity index (χ1v) is 14.6. The molecule has 4 aromatic carbocycles. The van der Waals surface area contributed by atoms with Gasteiger partial charge in [0.1, 0.15) is 0 Å². The van der Waals surface area contributed by atoms with Crippen LogP contribution in [-0.2, 0) is 34.3 Å². The average Bonchev–Trinajstić information content (AvgIpc) is 3.08. The van der Waals surface area contributed by atoms with E-state index in [-0.39, 0.29) is 13.5 Å². The van der Waals surface area contributed by atoms with Crippen LogP contribution in [0.15, 0.2) is 81.7 Å². The summed E-state index contributed by atoms with van der Waals surface area (Å²) in [6.45, 7) is 0. The van der Waals surface area contributed by atoms with Crippen molar-refractivity contribution in [3.63, 3.8) is 0 Å². The van der Waals surface area contributed by atoms with Crippen molar-refractivity contribution in [1.82, 2.24) is 0 Å². The van der Waals surface area contributed by atoms with Crippen molar-refractivity contribution < 1.29 is 20.8 Å². The molecule has 0 N–H and O–H groups in total. The maximum atomic E-state index is 4.93. The van der Waals surface area contributed by atoms with E-state index in [0.717, 1.165) is 8.95 Å². The fraction of sp³-hybridized carbons (Fsp3) is 0. The Balaban J connectivity index is 0.000000200. The van der Waals surface area contributed by atoms with E-state index in [2.05, 4.69) is 105 Å². The second kappa shape index (κ2) is 11.9. The maximum Gasteiger partial charge on any atom is -0.813 e. The van der Waals surface area contributed by atoms with Crippen molar-refractivity contribution in [2.75, 3.05) is 0 Å². The van der Waals surface area contributed by atoms with Crippen LogP contribution in [0, 0.1) is 0 Å². The smallest absolute Gasteiger partial charge is 0.813 e. The molecule has 0 aliphatic rings. The summed E-state index contributed by atoms with van der Waals surface area (Å²) in [5.41, 5.74) is 0. The van der Waals surface area contributed by atoms with Crippen LogP contribution >= 0.6 is 48.9 Å². The van der Waals surface area contributed by atoms with Crippen molar-refractivity contribution in [3.8, 4) is 0 Å². The van der Waals surface area contributed by atoms with E-state index in [9.17, 15) is 0 Å². The number of hydrogen-bond donors (Lipinski definition) is 0. The second-order valence-corrected chi connectivity index (χ2v) is 10.2. The van der Waals surface area contributed by atoms with E-state index in [4.69, 9.17) is 17.0 Å². The summed E-state index contributed by atoms with van der Waals surface area (Å²) >= 11 is 6.02. The summed E-state index contributed by atoms with van der Waals surface area (Å²) in [6.07, 6.45) is 0. The fourth-order valence-electron chi connectivity index (χ4n) is 2.23. The zero-order valence-electron chi connectivity index (χ0n) is 12.4. The molecular formula is C18H13Br2Cl2SZr-3. The van der Waals surface area contributed by atoms with Gasteiger partial charge in [-0.05, 0) is 0 Å². The van der Waals surface area contributed by atoms with Crippen LogP contribution in [0.1, 0.15) is 0 Å². The molecule has 0 radical (unpaired) electrons. The van der Waals surface area contributed by atoms with Gasteiger partial charge >= 0.3 is 37.9 Å². The zero-order valence-corrected chi connectivity index (χ0v) is 20.4. The van der Waals surface area contributed by atoms with Crippen LogP contribution in [0.3, 0.4) is 0 Å². The Hall–Kier alpha value is 0.433. The molecule has 0 spiro atoms. The van der Waals surface area contributed by atoms with Crippen LogP contribution in [0.25, 0.3) is 21.5 Å². The van der Waals surface area contributed by atoms with Gasteiger partial charge in [0, 0.05) is 0 Å². The summed E-state index contributed by atoms with van der Waals surface area (Å²) in [7, 11) is 9.87. The molecule has 0 heterocycles. The molecule has 126 valence electrons. The number of halogens is 4. The molecule has 24 heavy (non-hydrogen) atoms. The molecule has 0 aliphatic heterocycles. The summed E-state index contributed by atoms with van der Waals surface area (Å²) in [6, 6.07) is 25.1. The normalized spacial score (nSPS) is 9.33. The molecule has 0 unspecified atom stereocenters. The summed E-state index contributed by atoms with van der Waals surface area (Å²) < 4.78 is 2.32. The van der Waals surface area contributed by atoms with Gasteiger partial charge in [0.2, 0.25) is 0 Å². The van der Waals surface area contributed by atoms with E-state index >= 15 is 0 Å². The first-order chi connectivity index (χ1) is 11.1. The van der Waals surface area contributed by atoms with Crippen molar-refractivity contribution in [2.45, 2.75) is 0 Å². The van der Waals surface area contributed by atoms with E-state index in [1.165, 1.54) is 21.5 Å². The monoisotopic (exact) mass is 579 g/mol. The minimum Gasteiger partial charge on any atom is -0.813 e. The molecule has 0 bridgehead atoms. The SMILES string of the molecule is Brc1cc2ccccc2[cH-]1.Brc1cc2ccccc2[cH-]1.[Cl][Zr][Cl].[SH-]. The summed E-state index contributed by atoms with van der Waals surface area (Å²) in [5, 5.41) is 5.20. The van der Waals surface area contributed by atoms with Gasteiger partial charge in [-0.2, -0.15) is 12.1 Å². The third-order valence-corrected chi connectivity index (χ3v) is 4.08. The van der Waals surface area contributed by atoms with Crippen molar-refractivity contribution in [2.24, 2.45) is 0 Å². The number of hydrogen-bond acceptors (Lipinski definition) is 1. The minimum absolute atomic E-state index is 0. The van der Waals surface area contributed by atoms with E-state index in [1.54, 1.807) is 0 Å². The van der Waals surface area contributed by atoms with Crippen LogP contribution in [-0.4, -0.2) is 0 Å². The zero-order chi connectivity index (χ0) is 16.7. The fourth-order valence-corrected chi connectivity index (χ4v) is 3.21. The van der Waals surface area contributed by atoms with Gasteiger partial charge in [-0.15, -0.1) is 70.1 Å². The molecule has 0 aliphatic carbocycles. The Morgan fingerprint density at radius 2 is 1.04 bits per heavy atom. The van der Waals surface area contributed by atoms with E-state index in [1.807, 2.05) is 0 Å². The molecule has 4 aromatic rings. The molecule has 0 atom stereocenters.